The number of rotatable bonds is 5. The van der Waals surface area contributed by atoms with Crippen LogP contribution in [0.1, 0.15) is 29.1 Å². The Kier molecular flexibility index (Phi) is 4.76. The Balaban J connectivity index is 2.63. The van der Waals surface area contributed by atoms with Gasteiger partial charge in [0.15, 0.2) is 0 Å². The Morgan fingerprint density at radius 3 is 2.55 bits per heavy atom. The molecule has 3 N–H and O–H groups in total. The van der Waals surface area contributed by atoms with Crippen molar-refractivity contribution in [3.63, 3.8) is 0 Å². The first-order valence-electron chi connectivity index (χ1n) is 6.57. The molecule has 4 nitrogen and oxygen atoms in total. The third kappa shape index (κ3) is 2.69. The molecule has 1 heterocycles. The zero-order valence-electron chi connectivity index (χ0n) is 11.6. The highest BCUT2D eigenvalue weighted by Gasteiger charge is 2.24. The van der Waals surface area contributed by atoms with E-state index in [1.54, 1.807) is 6.92 Å². The van der Waals surface area contributed by atoms with E-state index >= 15 is 0 Å². The van der Waals surface area contributed by atoms with E-state index < -0.39 is 0 Å². The molecular formula is C15H18N2O2S. The summed E-state index contributed by atoms with van der Waals surface area (Å²) >= 11 is 1.50. The number of carbonyl (C=O) groups excluding carboxylic acids is 1. The first-order valence-corrected chi connectivity index (χ1v) is 7.39. The quantitative estimate of drug-likeness (QED) is 0.503. The van der Waals surface area contributed by atoms with E-state index in [1.807, 2.05) is 30.3 Å². The zero-order chi connectivity index (χ0) is 14.5. The lowest BCUT2D eigenvalue weighted by Gasteiger charge is -2.08. The van der Waals surface area contributed by atoms with E-state index in [2.05, 4.69) is 12.3 Å². The van der Waals surface area contributed by atoms with Crippen molar-refractivity contribution in [1.29, 1.82) is 0 Å². The second-order valence-corrected chi connectivity index (χ2v) is 5.29. The number of benzene rings is 1. The predicted octanol–water partition coefficient (Wildman–Crippen LogP) is 3.44. The van der Waals surface area contributed by atoms with Gasteiger partial charge in [-0.1, -0.05) is 37.3 Å². The molecule has 106 valence electrons. The third-order valence-electron chi connectivity index (χ3n) is 2.98. The fourth-order valence-corrected chi connectivity index (χ4v) is 3.20. The molecule has 0 saturated carbocycles. The molecule has 0 atom stereocenters. The first-order chi connectivity index (χ1) is 9.72. The molecule has 0 bridgehead atoms. The van der Waals surface area contributed by atoms with Gasteiger partial charge in [0, 0.05) is 10.4 Å². The fraction of sp³-hybridized carbons (Fsp3) is 0.267. The van der Waals surface area contributed by atoms with Gasteiger partial charge in [0.05, 0.1) is 6.61 Å². The fourth-order valence-electron chi connectivity index (χ4n) is 2.14. The van der Waals surface area contributed by atoms with Crippen LogP contribution >= 0.6 is 11.3 Å². The van der Waals surface area contributed by atoms with Gasteiger partial charge in [0.25, 0.3) is 0 Å². The van der Waals surface area contributed by atoms with E-state index in [4.69, 9.17) is 10.6 Å². The molecule has 20 heavy (non-hydrogen) atoms. The van der Waals surface area contributed by atoms with Crippen molar-refractivity contribution in [1.82, 2.24) is 0 Å². The molecule has 0 fully saturated rings. The second-order valence-electron chi connectivity index (χ2n) is 4.19. The summed E-state index contributed by atoms with van der Waals surface area (Å²) in [4.78, 5) is 13.4. The van der Waals surface area contributed by atoms with E-state index in [-0.39, 0.29) is 5.97 Å². The number of ether oxygens (including phenoxy) is 1. The topological polar surface area (TPSA) is 64.3 Å². The maximum Gasteiger partial charge on any atom is 0.341 e. The summed E-state index contributed by atoms with van der Waals surface area (Å²) in [7, 11) is 0. The van der Waals surface area contributed by atoms with Crippen LogP contribution in [0.3, 0.4) is 0 Å². The highest BCUT2D eigenvalue weighted by Crippen LogP contribution is 2.40. The molecule has 0 saturated heterocycles. The molecule has 2 aromatic rings. The van der Waals surface area contributed by atoms with Crippen LogP contribution in [0, 0.1) is 0 Å². The third-order valence-corrected chi connectivity index (χ3v) is 4.24. The number of hydrogen-bond acceptors (Lipinski definition) is 5. The molecular weight excluding hydrogens is 272 g/mol. The summed E-state index contributed by atoms with van der Waals surface area (Å²) in [5, 5.41) is 0.652. The van der Waals surface area contributed by atoms with Crippen LogP contribution in [0.2, 0.25) is 0 Å². The summed E-state index contributed by atoms with van der Waals surface area (Å²) in [5.41, 5.74) is 5.07. The monoisotopic (exact) mass is 290 g/mol. The lowest BCUT2D eigenvalue weighted by molar-refractivity contribution is 0.0529. The second kappa shape index (κ2) is 6.54. The number of hydrazine groups is 1. The smallest absolute Gasteiger partial charge is 0.341 e. The van der Waals surface area contributed by atoms with Crippen molar-refractivity contribution in [2.75, 3.05) is 12.0 Å². The number of nitrogens with two attached hydrogens (primary N) is 1. The van der Waals surface area contributed by atoms with Crippen LogP contribution in [-0.2, 0) is 11.2 Å². The molecule has 1 aromatic carbocycles. The molecule has 2 rings (SSSR count). The van der Waals surface area contributed by atoms with Crippen LogP contribution in [0.25, 0.3) is 11.1 Å². The van der Waals surface area contributed by atoms with E-state index in [0.29, 0.717) is 17.2 Å². The normalized spacial score (nSPS) is 10.3. The average Bonchev–Trinajstić information content (AvgIpc) is 2.87. The molecule has 0 aliphatic rings. The van der Waals surface area contributed by atoms with Gasteiger partial charge in [-0.2, -0.15) is 0 Å². The maximum atomic E-state index is 12.2. The van der Waals surface area contributed by atoms with Gasteiger partial charge in [-0.05, 0) is 18.9 Å². The van der Waals surface area contributed by atoms with Gasteiger partial charge in [-0.15, -0.1) is 11.3 Å². The molecule has 5 heteroatoms. The van der Waals surface area contributed by atoms with Crippen LogP contribution in [0.15, 0.2) is 30.3 Å². The Morgan fingerprint density at radius 2 is 2.00 bits per heavy atom. The minimum atomic E-state index is -0.338. The van der Waals surface area contributed by atoms with Crippen molar-refractivity contribution >= 4 is 22.3 Å². The molecule has 0 radical (unpaired) electrons. The molecule has 0 amide bonds. The Morgan fingerprint density at radius 1 is 1.30 bits per heavy atom. The van der Waals surface area contributed by atoms with Crippen LogP contribution in [0.4, 0.5) is 5.00 Å². The number of nitrogen functional groups attached to an aromatic ring is 1. The van der Waals surface area contributed by atoms with Crippen molar-refractivity contribution < 1.29 is 9.53 Å². The Labute approximate surface area is 122 Å². The minimum absolute atomic E-state index is 0.338. The SMILES string of the molecule is CCOC(=O)c1c(NN)sc(CC)c1-c1ccccc1. The minimum Gasteiger partial charge on any atom is -0.462 e. The number of anilines is 1. The zero-order valence-corrected chi connectivity index (χ0v) is 12.4. The summed E-state index contributed by atoms with van der Waals surface area (Å²) < 4.78 is 5.16. The van der Waals surface area contributed by atoms with Crippen LogP contribution in [0.5, 0.6) is 0 Å². The molecule has 0 spiro atoms. The van der Waals surface area contributed by atoms with E-state index in [0.717, 1.165) is 22.4 Å². The van der Waals surface area contributed by atoms with Gasteiger partial charge in [-0.3, -0.25) is 0 Å². The van der Waals surface area contributed by atoms with E-state index in [9.17, 15) is 4.79 Å². The van der Waals surface area contributed by atoms with Gasteiger partial charge in [0.1, 0.15) is 10.6 Å². The summed E-state index contributed by atoms with van der Waals surface area (Å²) in [6.07, 6.45) is 0.836. The number of nitrogens with one attached hydrogen (secondary N) is 1. The molecule has 0 aliphatic carbocycles. The lowest BCUT2D eigenvalue weighted by Crippen LogP contribution is -2.12. The van der Waals surface area contributed by atoms with E-state index in [1.165, 1.54) is 11.3 Å². The van der Waals surface area contributed by atoms with Crippen molar-refractivity contribution in [2.24, 2.45) is 5.84 Å². The average molecular weight is 290 g/mol. The highest BCUT2D eigenvalue weighted by atomic mass is 32.1. The molecule has 1 aromatic heterocycles. The summed E-state index contributed by atoms with van der Waals surface area (Å²) in [5.74, 6) is 5.21. The number of hydrogen-bond donors (Lipinski definition) is 2. The van der Waals surface area contributed by atoms with Gasteiger partial charge in [0.2, 0.25) is 0 Å². The van der Waals surface area contributed by atoms with Gasteiger partial charge in [-0.25, -0.2) is 10.6 Å². The standard InChI is InChI=1S/C15H18N2O2S/c1-3-11-12(10-8-6-5-7-9-10)13(14(17-16)20-11)15(18)19-4-2/h5-9,17H,3-4,16H2,1-2H3. The predicted molar refractivity (Wildman–Crippen MR) is 82.9 cm³/mol. The van der Waals surface area contributed by atoms with Gasteiger partial charge < -0.3 is 10.2 Å². The van der Waals surface area contributed by atoms with Crippen LogP contribution < -0.4 is 11.3 Å². The van der Waals surface area contributed by atoms with Crippen molar-refractivity contribution in [3.05, 3.63) is 40.8 Å². The Hall–Kier alpha value is -1.85. The summed E-state index contributed by atoms with van der Waals surface area (Å²) in [6, 6.07) is 9.84. The number of esters is 1. The molecule has 0 aliphatic heterocycles. The van der Waals surface area contributed by atoms with Crippen LogP contribution in [-0.4, -0.2) is 12.6 Å². The number of aryl methyl sites for hydroxylation is 1. The highest BCUT2D eigenvalue weighted by molar-refractivity contribution is 7.17. The maximum absolute atomic E-state index is 12.2. The molecule has 0 unspecified atom stereocenters. The largest absolute Gasteiger partial charge is 0.462 e. The first kappa shape index (κ1) is 14.6. The summed E-state index contributed by atoms with van der Waals surface area (Å²) in [6.45, 7) is 4.20. The van der Waals surface area contributed by atoms with Gasteiger partial charge >= 0.3 is 5.97 Å². The number of carbonyl (C=O) groups is 1. The van der Waals surface area contributed by atoms with Crippen molar-refractivity contribution in [3.8, 4) is 11.1 Å². The Bertz CT molecular complexity index is 593. The number of thiophene rings is 1. The lowest BCUT2D eigenvalue weighted by atomic mass is 10.0. The van der Waals surface area contributed by atoms with Crippen molar-refractivity contribution in [2.45, 2.75) is 20.3 Å².